The summed E-state index contributed by atoms with van der Waals surface area (Å²) < 4.78 is 8.44. The molecule has 1 aromatic heterocycles. The number of para-hydroxylation sites is 2. The van der Waals surface area contributed by atoms with Crippen LogP contribution < -0.4 is 24.0 Å². The van der Waals surface area contributed by atoms with Gasteiger partial charge in [-0.15, -0.1) is 0 Å². The number of ether oxygens (including phenoxy) is 1. The molecule has 1 atom stereocenters. The molecular weight excluding hydrogens is 439 g/mol. The van der Waals surface area contributed by atoms with Gasteiger partial charge in [0.15, 0.2) is 0 Å². The zero-order valence-electron chi connectivity index (χ0n) is 15.6. The van der Waals surface area contributed by atoms with Crippen molar-refractivity contribution in [2.45, 2.75) is 13.0 Å². The van der Waals surface area contributed by atoms with Gasteiger partial charge in [-0.1, -0.05) is 36.4 Å². The quantitative estimate of drug-likeness (QED) is 0.319. The van der Waals surface area contributed by atoms with Crippen LogP contribution >= 0.6 is 0 Å². The van der Waals surface area contributed by atoms with Crippen LogP contribution in [0.5, 0.6) is 0 Å². The van der Waals surface area contributed by atoms with E-state index < -0.39 is 0 Å². The highest BCUT2D eigenvalue weighted by Gasteiger charge is 2.22. The second kappa shape index (κ2) is 8.22. The molecule has 138 valence electrons. The lowest BCUT2D eigenvalue weighted by atomic mass is 10.2. The molecule has 2 aromatic carbocycles. The van der Waals surface area contributed by atoms with Gasteiger partial charge in [-0.3, -0.25) is 0 Å². The molecule has 26 heavy (non-hydrogen) atoms. The molecule has 4 nitrogen and oxygen atoms in total. The summed E-state index contributed by atoms with van der Waals surface area (Å²) in [5.41, 5.74) is 2.51. The Morgan fingerprint density at radius 1 is 1.04 bits per heavy atom. The SMILES string of the molecule is CC(C[N+](C)(C)C)OC(=O)c1cc2ccccc2n1-c1ccccc1.[I-]. The first-order valence-corrected chi connectivity index (χ1v) is 8.52. The fourth-order valence-corrected chi connectivity index (χ4v) is 3.21. The Morgan fingerprint density at radius 2 is 1.65 bits per heavy atom. The van der Waals surface area contributed by atoms with Crippen molar-refractivity contribution in [3.8, 4) is 5.69 Å². The summed E-state index contributed by atoms with van der Waals surface area (Å²) in [5.74, 6) is -0.291. The number of hydrogen-bond acceptors (Lipinski definition) is 2. The maximum absolute atomic E-state index is 12.9. The molecule has 0 spiro atoms. The van der Waals surface area contributed by atoms with Crippen molar-refractivity contribution in [1.29, 1.82) is 0 Å². The highest BCUT2D eigenvalue weighted by Crippen LogP contribution is 2.25. The standard InChI is InChI=1S/C21H25N2O2.HI/c1-16(15-23(2,3)4)25-21(24)20-14-17-10-8-9-13-19(17)22(20)18-11-6-5-7-12-18;/h5-14,16H,15H2,1-4H3;1H/q+1;/p-1. The molecule has 0 amide bonds. The fourth-order valence-electron chi connectivity index (χ4n) is 3.21. The molecular formula is C21H25IN2O2. The van der Waals surface area contributed by atoms with Gasteiger partial charge in [-0.25, -0.2) is 4.79 Å². The van der Waals surface area contributed by atoms with Crippen molar-refractivity contribution in [2.24, 2.45) is 0 Å². The molecule has 0 saturated carbocycles. The lowest BCUT2D eigenvalue weighted by Crippen LogP contribution is -3.00. The number of fused-ring (bicyclic) bond motifs is 1. The molecule has 0 aliphatic heterocycles. The minimum absolute atomic E-state index is 0. The van der Waals surface area contributed by atoms with Gasteiger partial charge >= 0.3 is 5.97 Å². The minimum Gasteiger partial charge on any atom is -1.00 e. The van der Waals surface area contributed by atoms with Crippen LogP contribution in [0, 0.1) is 0 Å². The maximum Gasteiger partial charge on any atom is 0.355 e. The van der Waals surface area contributed by atoms with Gasteiger partial charge in [0.2, 0.25) is 0 Å². The van der Waals surface area contributed by atoms with E-state index in [9.17, 15) is 4.79 Å². The van der Waals surface area contributed by atoms with Crippen LogP contribution in [-0.4, -0.2) is 48.8 Å². The Morgan fingerprint density at radius 3 is 2.31 bits per heavy atom. The monoisotopic (exact) mass is 464 g/mol. The molecule has 0 aliphatic carbocycles. The van der Waals surface area contributed by atoms with Crippen molar-refractivity contribution in [3.05, 3.63) is 66.4 Å². The van der Waals surface area contributed by atoms with Gasteiger partial charge < -0.3 is 37.8 Å². The highest BCUT2D eigenvalue weighted by atomic mass is 127. The van der Waals surface area contributed by atoms with Crippen molar-refractivity contribution in [3.63, 3.8) is 0 Å². The summed E-state index contributed by atoms with van der Waals surface area (Å²) in [6, 6.07) is 19.8. The number of rotatable bonds is 5. The van der Waals surface area contributed by atoms with E-state index in [0.717, 1.165) is 27.6 Å². The number of carbonyl (C=O) groups excluding carboxylic acids is 1. The van der Waals surface area contributed by atoms with Crippen LogP contribution in [0.3, 0.4) is 0 Å². The number of quaternary nitrogens is 1. The molecule has 0 saturated heterocycles. The molecule has 0 fully saturated rings. The third-order valence-electron chi connectivity index (χ3n) is 4.05. The molecule has 3 rings (SSSR count). The normalized spacial score (nSPS) is 12.5. The van der Waals surface area contributed by atoms with Gasteiger partial charge in [-0.05, 0) is 31.2 Å². The summed E-state index contributed by atoms with van der Waals surface area (Å²) in [7, 11) is 6.27. The fraction of sp³-hybridized carbons (Fsp3) is 0.286. The van der Waals surface area contributed by atoms with E-state index in [1.165, 1.54) is 0 Å². The van der Waals surface area contributed by atoms with E-state index in [1.807, 2.05) is 72.2 Å². The third kappa shape index (κ3) is 4.65. The molecule has 3 aromatic rings. The van der Waals surface area contributed by atoms with Gasteiger partial charge in [0.25, 0.3) is 0 Å². The topological polar surface area (TPSA) is 31.2 Å². The molecule has 0 N–H and O–H groups in total. The average molecular weight is 464 g/mol. The van der Waals surface area contributed by atoms with E-state index in [-0.39, 0.29) is 36.0 Å². The van der Waals surface area contributed by atoms with Crippen molar-refractivity contribution >= 4 is 16.9 Å². The van der Waals surface area contributed by atoms with Crippen LogP contribution in [0.4, 0.5) is 0 Å². The van der Waals surface area contributed by atoms with Crippen LogP contribution in [-0.2, 0) is 4.74 Å². The van der Waals surface area contributed by atoms with E-state index in [2.05, 4.69) is 21.1 Å². The highest BCUT2D eigenvalue weighted by molar-refractivity contribution is 5.97. The Bertz CT molecular complexity index is 882. The van der Waals surface area contributed by atoms with Gasteiger partial charge in [0, 0.05) is 11.1 Å². The zero-order chi connectivity index (χ0) is 18.0. The Kier molecular flexibility index (Phi) is 6.47. The number of benzene rings is 2. The lowest BCUT2D eigenvalue weighted by molar-refractivity contribution is -0.873. The van der Waals surface area contributed by atoms with E-state index in [1.54, 1.807) is 0 Å². The summed E-state index contributed by atoms with van der Waals surface area (Å²) in [6.07, 6.45) is -0.158. The van der Waals surface area contributed by atoms with Gasteiger partial charge in [0.1, 0.15) is 18.3 Å². The van der Waals surface area contributed by atoms with Crippen LogP contribution in [0.1, 0.15) is 17.4 Å². The van der Waals surface area contributed by atoms with Crippen LogP contribution in [0.15, 0.2) is 60.7 Å². The number of halogens is 1. The Hall–Kier alpha value is -1.86. The summed E-state index contributed by atoms with van der Waals surface area (Å²) in [4.78, 5) is 12.9. The summed E-state index contributed by atoms with van der Waals surface area (Å²) in [5, 5.41) is 1.03. The second-order valence-electron chi connectivity index (χ2n) is 7.45. The van der Waals surface area contributed by atoms with Crippen molar-refractivity contribution < 1.29 is 38.0 Å². The first-order valence-electron chi connectivity index (χ1n) is 8.52. The first-order chi connectivity index (χ1) is 11.8. The Balaban J connectivity index is 0.00000243. The second-order valence-corrected chi connectivity index (χ2v) is 7.45. The molecule has 0 radical (unpaired) electrons. The summed E-state index contributed by atoms with van der Waals surface area (Å²) >= 11 is 0. The van der Waals surface area contributed by atoms with Crippen LogP contribution in [0.2, 0.25) is 0 Å². The molecule has 0 bridgehead atoms. The number of likely N-dealkylation sites (N-methyl/N-ethyl adjacent to an activating group) is 1. The van der Waals surface area contributed by atoms with E-state index in [0.29, 0.717) is 5.69 Å². The van der Waals surface area contributed by atoms with Crippen LogP contribution in [0.25, 0.3) is 16.6 Å². The van der Waals surface area contributed by atoms with Crippen molar-refractivity contribution in [2.75, 3.05) is 27.7 Å². The predicted octanol–water partition coefficient (Wildman–Crippen LogP) is 0.886. The average Bonchev–Trinajstić information content (AvgIpc) is 2.93. The van der Waals surface area contributed by atoms with Gasteiger partial charge in [-0.2, -0.15) is 0 Å². The largest absolute Gasteiger partial charge is 1.00 e. The van der Waals surface area contributed by atoms with E-state index >= 15 is 0 Å². The zero-order valence-corrected chi connectivity index (χ0v) is 17.8. The molecule has 0 aliphatic rings. The number of esters is 1. The number of aromatic nitrogens is 1. The minimum atomic E-state index is -0.291. The number of hydrogen-bond donors (Lipinski definition) is 0. The summed E-state index contributed by atoms with van der Waals surface area (Å²) in [6.45, 7) is 2.70. The number of carbonyl (C=O) groups is 1. The van der Waals surface area contributed by atoms with Crippen molar-refractivity contribution in [1.82, 2.24) is 4.57 Å². The maximum atomic E-state index is 12.9. The van der Waals surface area contributed by atoms with E-state index in [4.69, 9.17) is 4.74 Å². The smallest absolute Gasteiger partial charge is 0.355 e. The lowest BCUT2D eigenvalue weighted by Gasteiger charge is -2.27. The molecule has 1 heterocycles. The third-order valence-corrected chi connectivity index (χ3v) is 4.05. The first kappa shape index (κ1) is 20.5. The molecule has 1 unspecified atom stereocenters. The van der Waals surface area contributed by atoms with Gasteiger partial charge in [0.05, 0.1) is 26.7 Å². The molecule has 5 heteroatoms. The predicted molar refractivity (Wildman–Crippen MR) is 101 cm³/mol. The Labute approximate surface area is 172 Å². The number of nitrogens with zero attached hydrogens (tertiary/aromatic N) is 2.